The maximum Gasteiger partial charge on any atom is 0.0811 e. The highest BCUT2D eigenvalue weighted by atomic mass is 16.3. The van der Waals surface area contributed by atoms with Crippen LogP contribution >= 0.6 is 0 Å². The largest absolute Gasteiger partial charge is 0.151 e. The minimum atomic E-state index is 0.506. The van der Waals surface area contributed by atoms with E-state index in [1.54, 1.807) is 0 Å². The van der Waals surface area contributed by atoms with Crippen LogP contribution in [0.2, 0.25) is 0 Å². The molecule has 23 heavy (non-hydrogen) atoms. The Bertz CT molecular complexity index is 250. The van der Waals surface area contributed by atoms with Gasteiger partial charge in [0, 0.05) is 0 Å². The molecular formula is C21H41NO. The van der Waals surface area contributed by atoms with E-state index in [0.29, 0.717) is 6.54 Å². The van der Waals surface area contributed by atoms with Crippen LogP contribution in [0.5, 0.6) is 0 Å². The Balaban J connectivity index is 3.03. The lowest BCUT2D eigenvalue weighted by atomic mass is 10.1. The normalized spacial score (nSPS) is 11.3. The molecule has 0 fully saturated rings. The van der Waals surface area contributed by atoms with Crippen LogP contribution in [0.3, 0.4) is 0 Å². The molecule has 0 saturated carbocycles. The Kier molecular flexibility index (Phi) is 20.7. The van der Waals surface area contributed by atoms with Crippen molar-refractivity contribution in [3.8, 4) is 0 Å². The van der Waals surface area contributed by atoms with Crippen LogP contribution in [0, 0.1) is 4.91 Å². The van der Waals surface area contributed by atoms with Crippen LogP contribution in [0.4, 0.5) is 0 Å². The molecule has 2 heteroatoms. The van der Waals surface area contributed by atoms with Crippen molar-refractivity contribution < 1.29 is 0 Å². The first-order chi connectivity index (χ1) is 11.4. The lowest BCUT2D eigenvalue weighted by Crippen LogP contribution is -1.83. The number of unbranched alkanes of at least 4 members (excludes halogenated alkanes) is 15. The quantitative estimate of drug-likeness (QED) is 0.135. The van der Waals surface area contributed by atoms with Gasteiger partial charge in [-0.05, 0) is 32.1 Å². The zero-order chi connectivity index (χ0) is 16.8. The lowest BCUT2D eigenvalue weighted by molar-refractivity contribution is 0.561. The van der Waals surface area contributed by atoms with Gasteiger partial charge in [0.1, 0.15) is 0 Å². The van der Waals surface area contributed by atoms with Gasteiger partial charge in [-0.1, -0.05) is 101 Å². The molecule has 0 amide bonds. The van der Waals surface area contributed by atoms with Crippen LogP contribution in [0.1, 0.15) is 116 Å². The van der Waals surface area contributed by atoms with E-state index in [-0.39, 0.29) is 0 Å². The molecule has 0 aromatic carbocycles. The molecule has 0 unspecified atom stereocenters. The maximum absolute atomic E-state index is 9.93. The lowest BCUT2D eigenvalue weighted by Gasteiger charge is -2.01. The second-order valence-corrected chi connectivity index (χ2v) is 6.85. The molecule has 0 aromatic rings. The Morgan fingerprint density at radius 2 is 0.957 bits per heavy atom. The van der Waals surface area contributed by atoms with Crippen molar-refractivity contribution in [2.45, 2.75) is 116 Å². The fourth-order valence-electron chi connectivity index (χ4n) is 2.95. The molecular weight excluding hydrogens is 282 g/mol. The predicted molar refractivity (Wildman–Crippen MR) is 104 cm³/mol. The number of hydrogen-bond donors (Lipinski definition) is 0. The third-order valence-corrected chi connectivity index (χ3v) is 4.51. The summed E-state index contributed by atoms with van der Waals surface area (Å²) in [5.74, 6) is 0. The summed E-state index contributed by atoms with van der Waals surface area (Å²) < 4.78 is 0. The zero-order valence-electron chi connectivity index (χ0n) is 15.7. The third kappa shape index (κ3) is 21.3. The minimum Gasteiger partial charge on any atom is -0.151 e. The van der Waals surface area contributed by atoms with E-state index < -0.39 is 0 Å². The van der Waals surface area contributed by atoms with Crippen molar-refractivity contribution in [2.24, 2.45) is 5.18 Å². The molecule has 136 valence electrons. The van der Waals surface area contributed by atoms with E-state index >= 15 is 0 Å². The fraction of sp³-hybridized carbons (Fsp3) is 0.905. The highest BCUT2D eigenvalue weighted by Gasteiger charge is 1.93. The molecule has 0 spiro atoms. The van der Waals surface area contributed by atoms with Gasteiger partial charge in [0.25, 0.3) is 0 Å². The van der Waals surface area contributed by atoms with E-state index in [1.165, 1.54) is 103 Å². The Labute approximate surface area is 145 Å². The molecule has 0 heterocycles. The zero-order valence-corrected chi connectivity index (χ0v) is 15.7. The van der Waals surface area contributed by atoms with Crippen molar-refractivity contribution in [1.82, 2.24) is 0 Å². The van der Waals surface area contributed by atoms with Crippen molar-refractivity contribution in [3.05, 3.63) is 17.1 Å². The summed E-state index contributed by atoms with van der Waals surface area (Å²) in [5, 5.41) is 2.89. The van der Waals surface area contributed by atoms with E-state index in [1.807, 2.05) is 0 Å². The highest BCUT2D eigenvalue weighted by Crippen LogP contribution is 2.11. The van der Waals surface area contributed by atoms with E-state index in [2.05, 4.69) is 24.3 Å². The minimum absolute atomic E-state index is 0.506. The second kappa shape index (κ2) is 21.3. The Morgan fingerprint density at radius 1 is 0.565 bits per heavy atom. The van der Waals surface area contributed by atoms with Crippen LogP contribution in [0.25, 0.3) is 0 Å². The molecule has 0 aromatic heterocycles. The van der Waals surface area contributed by atoms with Gasteiger partial charge in [-0.3, -0.25) is 0 Å². The standard InChI is InChI=1S/C21H41NO/c1-2-3-4-5-6-7-8-9-10-11-12-13-14-15-16-17-18-19-20-21-22-23/h9-10H,2-8,11-21H2,1H3/b10-9-. The SMILES string of the molecule is CCCCCCCC/C=C\CCCCCCCCCCCN=O. The molecule has 0 aliphatic rings. The van der Waals surface area contributed by atoms with Gasteiger partial charge >= 0.3 is 0 Å². The number of hydrogen-bond acceptors (Lipinski definition) is 2. The van der Waals surface area contributed by atoms with Crippen LogP contribution in [-0.2, 0) is 0 Å². The topological polar surface area (TPSA) is 29.4 Å². The third-order valence-electron chi connectivity index (χ3n) is 4.51. The maximum atomic E-state index is 9.93. The van der Waals surface area contributed by atoms with Crippen molar-refractivity contribution in [1.29, 1.82) is 0 Å². The van der Waals surface area contributed by atoms with Crippen molar-refractivity contribution in [3.63, 3.8) is 0 Å². The fourth-order valence-corrected chi connectivity index (χ4v) is 2.95. The van der Waals surface area contributed by atoms with Gasteiger partial charge in [-0.15, -0.1) is 0 Å². The summed E-state index contributed by atoms with van der Waals surface area (Å²) in [6.07, 6.45) is 27.4. The van der Waals surface area contributed by atoms with Gasteiger partial charge in [-0.25, -0.2) is 0 Å². The van der Waals surface area contributed by atoms with Gasteiger partial charge in [0.15, 0.2) is 0 Å². The number of nitrogens with zero attached hydrogens (tertiary/aromatic N) is 1. The second-order valence-electron chi connectivity index (χ2n) is 6.85. The highest BCUT2D eigenvalue weighted by molar-refractivity contribution is 4.81. The Hall–Kier alpha value is -0.660. The summed E-state index contributed by atoms with van der Waals surface area (Å²) in [6, 6.07) is 0. The molecule has 0 saturated heterocycles. The van der Waals surface area contributed by atoms with Crippen LogP contribution < -0.4 is 0 Å². The average Bonchev–Trinajstić information content (AvgIpc) is 2.57. The van der Waals surface area contributed by atoms with E-state index in [0.717, 1.165) is 6.42 Å². The van der Waals surface area contributed by atoms with Gasteiger partial charge in [-0.2, -0.15) is 4.91 Å². The summed E-state index contributed by atoms with van der Waals surface area (Å²) >= 11 is 0. The van der Waals surface area contributed by atoms with Crippen molar-refractivity contribution in [2.75, 3.05) is 6.54 Å². The molecule has 0 rings (SSSR count). The monoisotopic (exact) mass is 323 g/mol. The molecule has 2 nitrogen and oxygen atoms in total. The Morgan fingerprint density at radius 3 is 1.39 bits per heavy atom. The molecule has 0 N–H and O–H groups in total. The van der Waals surface area contributed by atoms with E-state index in [4.69, 9.17) is 0 Å². The summed E-state index contributed by atoms with van der Waals surface area (Å²) in [5.41, 5.74) is 0. The smallest absolute Gasteiger partial charge is 0.0811 e. The number of nitroso groups, excluding NO2 is 1. The number of allylic oxidation sites excluding steroid dienone is 2. The summed E-state index contributed by atoms with van der Waals surface area (Å²) in [4.78, 5) is 9.93. The first-order valence-corrected chi connectivity index (χ1v) is 10.4. The first-order valence-electron chi connectivity index (χ1n) is 10.4. The summed E-state index contributed by atoms with van der Waals surface area (Å²) in [7, 11) is 0. The van der Waals surface area contributed by atoms with Gasteiger partial charge < -0.3 is 0 Å². The van der Waals surface area contributed by atoms with Crippen molar-refractivity contribution >= 4 is 0 Å². The van der Waals surface area contributed by atoms with E-state index in [9.17, 15) is 4.91 Å². The molecule has 0 bridgehead atoms. The first kappa shape index (κ1) is 22.3. The van der Waals surface area contributed by atoms with Crippen LogP contribution in [-0.4, -0.2) is 6.54 Å². The molecule has 0 aliphatic heterocycles. The average molecular weight is 324 g/mol. The van der Waals surface area contributed by atoms with Gasteiger partial charge in [0.2, 0.25) is 0 Å². The summed E-state index contributed by atoms with van der Waals surface area (Å²) in [6.45, 7) is 2.78. The number of rotatable bonds is 19. The molecule has 0 atom stereocenters. The van der Waals surface area contributed by atoms with Gasteiger partial charge in [0.05, 0.1) is 6.54 Å². The predicted octanol–water partition coefficient (Wildman–Crippen LogP) is 7.96. The molecule has 0 radical (unpaired) electrons. The molecule has 0 aliphatic carbocycles. The van der Waals surface area contributed by atoms with Crippen LogP contribution in [0.15, 0.2) is 17.3 Å².